The lowest BCUT2D eigenvalue weighted by Gasteiger charge is -2.13. The van der Waals surface area contributed by atoms with E-state index in [0.717, 1.165) is 22.6 Å². The maximum Gasteiger partial charge on any atom is 0.271 e. The van der Waals surface area contributed by atoms with Gasteiger partial charge in [0.25, 0.3) is 11.8 Å². The van der Waals surface area contributed by atoms with Crippen LogP contribution in [-0.2, 0) is 4.79 Å². The molecule has 1 aliphatic rings. The molecule has 2 heterocycles. The van der Waals surface area contributed by atoms with Crippen LogP contribution in [0.1, 0.15) is 23.0 Å². The van der Waals surface area contributed by atoms with Gasteiger partial charge in [-0.2, -0.15) is 15.2 Å². The minimum absolute atomic E-state index is 0.211. The molecule has 2 amide bonds. The molecule has 36 heavy (non-hydrogen) atoms. The van der Waals surface area contributed by atoms with Crippen molar-refractivity contribution in [2.45, 2.75) is 13.8 Å². The summed E-state index contributed by atoms with van der Waals surface area (Å²) in [5.41, 5.74) is 8.55. The summed E-state index contributed by atoms with van der Waals surface area (Å²) in [6.45, 7) is 3.82. The second-order valence-electron chi connectivity index (χ2n) is 8.53. The highest BCUT2D eigenvalue weighted by Gasteiger charge is 2.33. The first-order valence-corrected chi connectivity index (χ1v) is 11.6. The monoisotopic (exact) mass is 475 g/mol. The highest BCUT2D eigenvalue weighted by Crippen LogP contribution is 2.26. The number of rotatable bonds is 6. The normalized spacial score (nSPS) is 15.4. The molecule has 0 bridgehead atoms. The van der Waals surface area contributed by atoms with Gasteiger partial charge in [-0.05, 0) is 67.9 Å². The summed E-state index contributed by atoms with van der Waals surface area (Å²) in [5.74, 6) is -1.19. The van der Waals surface area contributed by atoms with Gasteiger partial charge in [-0.3, -0.25) is 9.59 Å². The van der Waals surface area contributed by atoms with E-state index in [1.165, 1.54) is 11.2 Å². The van der Waals surface area contributed by atoms with Crippen molar-refractivity contribution in [3.63, 3.8) is 0 Å². The smallest absolute Gasteiger partial charge is 0.271 e. The second kappa shape index (κ2) is 9.84. The molecule has 7 nitrogen and oxygen atoms in total. The Hall–Kier alpha value is -4.78. The Kier molecular flexibility index (Phi) is 6.28. The molecular weight excluding hydrogens is 450 g/mol. The van der Waals surface area contributed by atoms with E-state index in [1.807, 2.05) is 60.7 Å². The average molecular weight is 476 g/mol. The Morgan fingerprint density at radius 3 is 2.22 bits per heavy atom. The number of hydrogen-bond acceptors (Lipinski definition) is 4. The van der Waals surface area contributed by atoms with Gasteiger partial charge in [0.1, 0.15) is 5.92 Å². The van der Waals surface area contributed by atoms with Gasteiger partial charge >= 0.3 is 0 Å². The van der Waals surface area contributed by atoms with Gasteiger partial charge in [0.05, 0.1) is 17.1 Å². The van der Waals surface area contributed by atoms with Crippen LogP contribution in [-0.4, -0.2) is 28.3 Å². The van der Waals surface area contributed by atoms with Crippen LogP contribution in [0.2, 0.25) is 0 Å². The van der Waals surface area contributed by atoms with Gasteiger partial charge in [-0.1, -0.05) is 48.5 Å². The molecule has 0 saturated carbocycles. The number of nitrogens with zero attached hydrogens (tertiary/aromatic N) is 4. The van der Waals surface area contributed by atoms with Gasteiger partial charge in [0, 0.05) is 23.2 Å². The Morgan fingerprint density at radius 2 is 1.53 bits per heavy atom. The molecule has 1 aliphatic heterocycles. The van der Waals surface area contributed by atoms with E-state index >= 15 is 0 Å². The van der Waals surface area contributed by atoms with E-state index < -0.39 is 5.92 Å². The Balaban J connectivity index is 1.27. The average Bonchev–Trinajstić information content (AvgIpc) is 3.44. The molecular formula is C29H25N5O2. The van der Waals surface area contributed by atoms with Crippen molar-refractivity contribution in [2.75, 3.05) is 5.01 Å². The van der Waals surface area contributed by atoms with Crippen LogP contribution in [0.15, 0.2) is 107 Å². The standard InChI is InChI=1S/C29H25N5O2/c1-20-13-18-27(22-9-5-3-6-10-22)33(20)24-16-14-23(15-17-24)28(35)31-30-19-26-21(2)32-34(29(26)36)25-11-7-4-8-12-25/h3-19,26H,1-2H3,(H,31,35)/b30-19+/t26-/m1/s1. The van der Waals surface area contributed by atoms with E-state index in [4.69, 9.17) is 0 Å². The van der Waals surface area contributed by atoms with E-state index in [1.54, 1.807) is 19.1 Å². The second-order valence-corrected chi connectivity index (χ2v) is 8.53. The third-order valence-electron chi connectivity index (χ3n) is 6.11. The summed E-state index contributed by atoms with van der Waals surface area (Å²) in [7, 11) is 0. The Labute approximate surface area is 209 Å². The number of para-hydroxylation sites is 1. The van der Waals surface area contributed by atoms with Crippen molar-refractivity contribution in [1.29, 1.82) is 0 Å². The van der Waals surface area contributed by atoms with E-state index in [9.17, 15) is 9.59 Å². The third kappa shape index (κ3) is 4.46. The van der Waals surface area contributed by atoms with Gasteiger partial charge < -0.3 is 4.57 Å². The van der Waals surface area contributed by atoms with E-state index in [0.29, 0.717) is 17.0 Å². The highest BCUT2D eigenvalue weighted by atomic mass is 16.2. The van der Waals surface area contributed by atoms with E-state index in [2.05, 4.69) is 51.4 Å². The van der Waals surface area contributed by atoms with Crippen molar-refractivity contribution in [3.05, 3.63) is 108 Å². The maximum atomic E-state index is 12.8. The molecule has 0 radical (unpaired) electrons. The molecule has 4 aromatic rings. The number of hydrazone groups is 2. The zero-order valence-corrected chi connectivity index (χ0v) is 20.0. The molecule has 5 rings (SSSR count). The number of carbonyl (C=O) groups is 2. The summed E-state index contributed by atoms with van der Waals surface area (Å²) in [6.07, 6.45) is 1.42. The molecule has 3 aromatic carbocycles. The molecule has 0 saturated heterocycles. The molecule has 0 fully saturated rings. The minimum Gasteiger partial charge on any atom is -0.314 e. The summed E-state index contributed by atoms with van der Waals surface area (Å²) < 4.78 is 2.15. The lowest BCUT2D eigenvalue weighted by Crippen LogP contribution is -2.29. The van der Waals surface area contributed by atoms with Gasteiger partial charge in [-0.25, -0.2) is 5.43 Å². The maximum absolute atomic E-state index is 12.8. The fraction of sp³-hybridized carbons (Fsp3) is 0.103. The number of aromatic nitrogens is 1. The van der Waals surface area contributed by atoms with Crippen molar-refractivity contribution in [3.8, 4) is 16.9 Å². The Morgan fingerprint density at radius 1 is 0.861 bits per heavy atom. The van der Waals surface area contributed by atoms with Crippen LogP contribution >= 0.6 is 0 Å². The van der Waals surface area contributed by atoms with Crippen molar-refractivity contribution in [2.24, 2.45) is 16.1 Å². The van der Waals surface area contributed by atoms with Gasteiger partial charge in [-0.15, -0.1) is 0 Å². The summed E-state index contributed by atoms with van der Waals surface area (Å²) >= 11 is 0. The van der Waals surface area contributed by atoms with Gasteiger partial charge in [0.15, 0.2) is 0 Å². The lowest BCUT2D eigenvalue weighted by molar-refractivity contribution is -0.118. The van der Waals surface area contributed by atoms with Gasteiger partial charge in [0.2, 0.25) is 0 Å². The fourth-order valence-electron chi connectivity index (χ4n) is 4.22. The molecule has 0 unspecified atom stereocenters. The van der Waals surface area contributed by atoms with Crippen LogP contribution in [0.4, 0.5) is 5.69 Å². The molecule has 0 aliphatic carbocycles. The van der Waals surface area contributed by atoms with Crippen LogP contribution < -0.4 is 10.4 Å². The lowest BCUT2D eigenvalue weighted by atomic mass is 10.1. The number of benzene rings is 3. The SMILES string of the molecule is CC1=NN(c2ccccc2)C(=O)[C@@H]1/C=N/NC(=O)c1ccc(-n2c(C)ccc2-c2ccccc2)cc1. The molecule has 1 N–H and O–H groups in total. The summed E-state index contributed by atoms with van der Waals surface area (Å²) in [5, 5.41) is 9.74. The first kappa shape index (κ1) is 23.0. The van der Waals surface area contributed by atoms with Crippen molar-refractivity contribution >= 4 is 29.4 Å². The number of carbonyl (C=O) groups excluding carboxylic acids is 2. The van der Waals surface area contributed by atoms with Crippen LogP contribution in [0.25, 0.3) is 16.9 Å². The largest absolute Gasteiger partial charge is 0.314 e. The first-order chi connectivity index (χ1) is 17.5. The van der Waals surface area contributed by atoms with Crippen molar-refractivity contribution < 1.29 is 9.59 Å². The van der Waals surface area contributed by atoms with Crippen LogP contribution in [0.3, 0.4) is 0 Å². The topological polar surface area (TPSA) is 79.1 Å². The fourth-order valence-corrected chi connectivity index (χ4v) is 4.22. The Bertz CT molecular complexity index is 1450. The van der Waals surface area contributed by atoms with Crippen LogP contribution in [0, 0.1) is 12.8 Å². The number of anilines is 1. The molecule has 178 valence electrons. The van der Waals surface area contributed by atoms with Crippen molar-refractivity contribution in [1.82, 2.24) is 9.99 Å². The predicted octanol–water partition coefficient (Wildman–Crippen LogP) is 5.21. The zero-order chi connectivity index (χ0) is 25.1. The number of hydrogen-bond donors (Lipinski definition) is 1. The molecule has 0 spiro atoms. The zero-order valence-electron chi connectivity index (χ0n) is 20.0. The molecule has 1 aromatic heterocycles. The quantitative estimate of drug-likeness (QED) is 0.307. The number of nitrogens with one attached hydrogen (secondary N) is 1. The number of amides is 2. The minimum atomic E-state index is -0.624. The highest BCUT2D eigenvalue weighted by molar-refractivity contribution is 6.23. The summed E-state index contributed by atoms with van der Waals surface area (Å²) in [4.78, 5) is 25.4. The van der Waals surface area contributed by atoms with E-state index in [-0.39, 0.29) is 11.8 Å². The summed E-state index contributed by atoms with van der Waals surface area (Å²) in [6, 6.07) is 30.9. The number of aryl methyl sites for hydroxylation is 1. The first-order valence-electron chi connectivity index (χ1n) is 11.6. The third-order valence-corrected chi connectivity index (χ3v) is 6.11. The van der Waals surface area contributed by atoms with Crippen LogP contribution in [0.5, 0.6) is 0 Å². The molecule has 1 atom stereocenters. The molecule has 7 heteroatoms. The predicted molar refractivity (Wildman–Crippen MR) is 142 cm³/mol.